The van der Waals surface area contributed by atoms with Gasteiger partial charge in [0.2, 0.25) is 0 Å². The average molecular weight is 259 g/mol. The highest BCUT2D eigenvalue weighted by Gasteiger charge is 2.34. The number of benzene rings is 1. The van der Waals surface area contributed by atoms with Crippen molar-refractivity contribution in [2.75, 3.05) is 31.6 Å². The van der Waals surface area contributed by atoms with Gasteiger partial charge < -0.3 is 10.6 Å². The molecule has 3 heteroatoms. The van der Waals surface area contributed by atoms with Crippen LogP contribution in [0.2, 0.25) is 0 Å². The fraction of sp³-hybridized carbons (Fsp3) is 0.625. The maximum absolute atomic E-state index is 5.60. The van der Waals surface area contributed by atoms with Crippen LogP contribution in [0.3, 0.4) is 0 Å². The molecule has 2 aliphatic rings. The van der Waals surface area contributed by atoms with Crippen molar-refractivity contribution < 1.29 is 0 Å². The van der Waals surface area contributed by atoms with Crippen molar-refractivity contribution in [1.29, 1.82) is 0 Å². The molecule has 2 fully saturated rings. The van der Waals surface area contributed by atoms with Gasteiger partial charge in [-0.2, -0.15) is 0 Å². The maximum Gasteiger partial charge on any atom is 0.0366 e. The number of fused-ring (bicyclic) bond motifs is 2. The van der Waals surface area contributed by atoms with Gasteiger partial charge in [0.25, 0.3) is 0 Å². The summed E-state index contributed by atoms with van der Waals surface area (Å²) in [5.74, 6) is 0. The number of likely N-dealkylation sites (N-methyl/N-ethyl adjacent to an activating group) is 1. The molecule has 3 nitrogen and oxygen atoms in total. The molecule has 0 aliphatic carbocycles. The molecule has 0 saturated carbocycles. The highest BCUT2D eigenvalue weighted by Crippen LogP contribution is 2.30. The molecular weight excluding hydrogens is 234 g/mol. The summed E-state index contributed by atoms with van der Waals surface area (Å²) in [6.45, 7) is 3.11. The third-order valence-corrected chi connectivity index (χ3v) is 4.88. The number of rotatable bonds is 3. The minimum Gasteiger partial charge on any atom is -0.370 e. The molecule has 2 bridgehead atoms. The van der Waals surface area contributed by atoms with E-state index in [1.165, 1.54) is 43.6 Å². The summed E-state index contributed by atoms with van der Waals surface area (Å²) in [5, 5.41) is 0. The average Bonchev–Trinajstić information content (AvgIpc) is 2.65. The van der Waals surface area contributed by atoms with E-state index in [-0.39, 0.29) is 0 Å². The van der Waals surface area contributed by atoms with Crippen molar-refractivity contribution in [3.8, 4) is 0 Å². The first-order valence-electron chi connectivity index (χ1n) is 7.54. The van der Waals surface area contributed by atoms with Crippen molar-refractivity contribution in [1.82, 2.24) is 4.90 Å². The Hall–Kier alpha value is -1.06. The first-order chi connectivity index (χ1) is 9.28. The van der Waals surface area contributed by atoms with Crippen LogP contribution in [-0.4, -0.2) is 43.7 Å². The fourth-order valence-corrected chi connectivity index (χ4v) is 3.58. The van der Waals surface area contributed by atoms with Crippen LogP contribution >= 0.6 is 0 Å². The molecule has 2 N–H and O–H groups in total. The molecule has 2 atom stereocenters. The Balaban J connectivity index is 1.71. The molecule has 1 aromatic rings. The van der Waals surface area contributed by atoms with Gasteiger partial charge in [-0.05, 0) is 57.0 Å². The molecule has 2 unspecified atom stereocenters. The lowest BCUT2D eigenvalue weighted by Crippen LogP contribution is -2.36. The van der Waals surface area contributed by atoms with E-state index in [2.05, 4.69) is 41.1 Å². The molecule has 2 aliphatic heterocycles. The predicted octanol–water partition coefficient (Wildman–Crippen LogP) is 1.86. The quantitative estimate of drug-likeness (QED) is 0.899. The van der Waals surface area contributed by atoms with E-state index in [0.29, 0.717) is 0 Å². The zero-order valence-electron chi connectivity index (χ0n) is 11.9. The maximum atomic E-state index is 5.60. The van der Waals surface area contributed by atoms with Crippen LogP contribution in [0.5, 0.6) is 0 Å². The third-order valence-electron chi connectivity index (χ3n) is 4.88. The number of nitrogens with two attached hydrogens (primary N) is 1. The predicted molar refractivity (Wildman–Crippen MR) is 80.6 cm³/mol. The molecule has 0 spiro atoms. The van der Waals surface area contributed by atoms with Gasteiger partial charge in [-0.1, -0.05) is 12.1 Å². The number of nitrogens with zero attached hydrogens (tertiary/aromatic N) is 2. The second kappa shape index (κ2) is 5.51. The Morgan fingerprint density at radius 3 is 2.58 bits per heavy atom. The summed E-state index contributed by atoms with van der Waals surface area (Å²) >= 11 is 0. The lowest BCUT2D eigenvalue weighted by Gasteiger charge is -2.27. The van der Waals surface area contributed by atoms with Gasteiger partial charge in [0.15, 0.2) is 0 Å². The van der Waals surface area contributed by atoms with Crippen LogP contribution in [0.25, 0.3) is 0 Å². The van der Waals surface area contributed by atoms with Gasteiger partial charge in [0.05, 0.1) is 0 Å². The second-order valence-corrected chi connectivity index (χ2v) is 5.99. The van der Waals surface area contributed by atoms with E-state index in [4.69, 9.17) is 5.73 Å². The van der Waals surface area contributed by atoms with Crippen molar-refractivity contribution >= 4 is 5.69 Å². The third kappa shape index (κ3) is 2.63. The van der Waals surface area contributed by atoms with E-state index in [9.17, 15) is 0 Å². The second-order valence-electron chi connectivity index (χ2n) is 5.99. The van der Waals surface area contributed by atoms with Gasteiger partial charge in [-0.25, -0.2) is 0 Å². The van der Waals surface area contributed by atoms with Crippen LogP contribution in [0.1, 0.15) is 24.8 Å². The van der Waals surface area contributed by atoms with E-state index in [0.717, 1.165) is 25.0 Å². The standard InChI is InChI=1S/C16H25N3/c1-18-14-6-7-16(18)12-19(11-9-14)15-4-2-13(3-5-15)8-10-17/h2-5,14,16H,6-12,17H2,1H3. The number of anilines is 1. The van der Waals surface area contributed by atoms with Crippen LogP contribution in [0.15, 0.2) is 24.3 Å². The minimum absolute atomic E-state index is 0.734. The molecule has 0 amide bonds. The van der Waals surface area contributed by atoms with Gasteiger partial charge >= 0.3 is 0 Å². The van der Waals surface area contributed by atoms with E-state index < -0.39 is 0 Å². The Kier molecular flexibility index (Phi) is 3.76. The van der Waals surface area contributed by atoms with Gasteiger partial charge in [0.1, 0.15) is 0 Å². The number of hydrogen-bond donors (Lipinski definition) is 1. The molecule has 104 valence electrons. The monoisotopic (exact) mass is 259 g/mol. The lowest BCUT2D eigenvalue weighted by atomic mass is 10.1. The molecule has 1 aromatic carbocycles. The zero-order chi connectivity index (χ0) is 13.2. The Bertz CT molecular complexity index is 415. The Morgan fingerprint density at radius 1 is 1.11 bits per heavy atom. The summed E-state index contributed by atoms with van der Waals surface area (Å²) in [6, 6.07) is 10.6. The van der Waals surface area contributed by atoms with E-state index in [1.807, 2.05) is 0 Å². The molecule has 2 saturated heterocycles. The summed E-state index contributed by atoms with van der Waals surface area (Å²) in [5.41, 5.74) is 8.33. The van der Waals surface area contributed by atoms with Gasteiger partial charge in [0, 0.05) is 30.9 Å². The molecule has 2 heterocycles. The van der Waals surface area contributed by atoms with Crippen molar-refractivity contribution in [3.63, 3.8) is 0 Å². The summed E-state index contributed by atoms with van der Waals surface area (Å²) in [4.78, 5) is 5.16. The molecular formula is C16H25N3. The van der Waals surface area contributed by atoms with Crippen molar-refractivity contribution in [3.05, 3.63) is 29.8 Å². The minimum atomic E-state index is 0.734. The SMILES string of the molecule is CN1C2CCC1CN(c1ccc(CCN)cc1)CC2. The Morgan fingerprint density at radius 2 is 1.84 bits per heavy atom. The van der Waals surface area contributed by atoms with Crippen LogP contribution in [-0.2, 0) is 6.42 Å². The normalized spacial score (nSPS) is 27.6. The lowest BCUT2D eigenvalue weighted by molar-refractivity contribution is 0.254. The van der Waals surface area contributed by atoms with E-state index >= 15 is 0 Å². The Labute approximate surface area is 116 Å². The van der Waals surface area contributed by atoms with E-state index in [1.54, 1.807) is 0 Å². The summed E-state index contributed by atoms with van der Waals surface area (Å²) in [6.07, 6.45) is 5.04. The van der Waals surface area contributed by atoms with Crippen molar-refractivity contribution in [2.24, 2.45) is 5.73 Å². The molecule has 0 aromatic heterocycles. The highest BCUT2D eigenvalue weighted by atomic mass is 15.3. The van der Waals surface area contributed by atoms with Crippen molar-refractivity contribution in [2.45, 2.75) is 37.8 Å². The van der Waals surface area contributed by atoms with Crippen LogP contribution in [0.4, 0.5) is 5.69 Å². The molecule has 0 radical (unpaired) electrons. The molecule has 19 heavy (non-hydrogen) atoms. The largest absolute Gasteiger partial charge is 0.370 e. The number of hydrogen-bond acceptors (Lipinski definition) is 3. The topological polar surface area (TPSA) is 32.5 Å². The highest BCUT2D eigenvalue weighted by molar-refractivity contribution is 5.48. The van der Waals surface area contributed by atoms with Gasteiger partial charge in [-0.3, -0.25) is 4.90 Å². The van der Waals surface area contributed by atoms with Crippen LogP contribution in [0, 0.1) is 0 Å². The zero-order valence-corrected chi connectivity index (χ0v) is 11.9. The fourth-order valence-electron chi connectivity index (χ4n) is 3.58. The van der Waals surface area contributed by atoms with Gasteiger partial charge in [-0.15, -0.1) is 0 Å². The van der Waals surface area contributed by atoms with Crippen LogP contribution < -0.4 is 10.6 Å². The smallest absolute Gasteiger partial charge is 0.0366 e. The first-order valence-corrected chi connectivity index (χ1v) is 7.54. The summed E-state index contributed by atoms with van der Waals surface area (Å²) < 4.78 is 0. The first kappa shape index (κ1) is 12.9. The summed E-state index contributed by atoms with van der Waals surface area (Å²) in [7, 11) is 2.30. The molecule has 3 rings (SSSR count).